The third-order valence-electron chi connectivity index (χ3n) is 3.72. The Hall–Kier alpha value is -1.92. The van der Waals surface area contributed by atoms with E-state index in [0.29, 0.717) is 19.1 Å². The van der Waals surface area contributed by atoms with Gasteiger partial charge in [-0.2, -0.15) is 0 Å². The number of esters is 1. The molecule has 1 atom stereocenters. The van der Waals surface area contributed by atoms with Crippen LogP contribution in [-0.2, 0) is 22.7 Å². The lowest BCUT2D eigenvalue weighted by Gasteiger charge is -2.18. The van der Waals surface area contributed by atoms with Gasteiger partial charge in [0.2, 0.25) is 0 Å². The molecule has 1 aromatic carbocycles. The van der Waals surface area contributed by atoms with Crippen molar-refractivity contribution in [3.63, 3.8) is 0 Å². The van der Waals surface area contributed by atoms with E-state index in [0.717, 1.165) is 28.4 Å². The molecule has 0 aliphatic heterocycles. The summed E-state index contributed by atoms with van der Waals surface area (Å²) in [6, 6.07) is 7.59. The quantitative estimate of drug-likeness (QED) is 0.689. The Morgan fingerprint density at radius 2 is 2.00 bits per heavy atom. The Bertz CT molecular complexity index is 668. The molecule has 1 aromatic heterocycles. The summed E-state index contributed by atoms with van der Waals surface area (Å²) in [5.41, 5.74) is 2.04. The van der Waals surface area contributed by atoms with Gasteiger partial charge < -0.3 is 14.8 Å². The van der Waals surface area contributed by atoms with E-state index < -0.39 is 0 Å². The van der Waals surface area contributed by atoms with E-state index in [2.05, 4.69) is 24.1 Å². The zero-order valence-electron chi connectivity index (χ0n) is 15.2. The zero-order valence-corrected chi connectivity index (χ0v) is 16.1. The minimum Gasteiger partial charge on any atom is -0.487 e. The first-order valence-corrected chi connectivity index (χ1v) is 9.30. The molecule has 0 aliphatic carbocycles. The van der Waals surface area contributed by atoms with Crippen LogP contribution in [0.25, 0.3) is 0 Å². The minimum atomic E-state index is -0.283. The molecule has 0 fully saturated rings. The van der Waals surface area contributed by atoms with Crippen LogP contribution in [0.2, 0.25) is 0 Å². The number of aromatic nitrogens is 1. The van der Waals surface area contributed by atoms with Gasteiger partial charge in [-0.05, 0) is 37.0 Å². The monoisotopic (exact) mass is 362 g/mol. The third kappa shape index (κ3) is 6.48. The molecule has 25 heavy (non-hydrogen) atoms. The molecule has 2 rings (SSSR count). The summed E-state index contributed by atoms with van der Waals surface area (Å²) >= 11 is 1.62. The van der Waals surface area contributed by atoms with Gasteiger partial charge in [-0.25, -0.2) is 4.98 Å². The molecule has 136 valence electrons. The summed E-state index contributed by atoms with van der Waals surface area (Å²) < 4.78 is 10.6. The number of carbonyl (C=O) groups excluding carboxylic acids is 1. The number of hydrogen-bond donors (Lipinski definition) is 1. The average molecular weight is 362 g/mol. The molecule has 0 unspecified atom stereocenters. The Kier molecular flexibility index (Phi) is 7.40. The number of thiazole rings is 1. The van der Waals surface area contributed by atoms with Crippen LogP contribution in [0.3, 0.4) is 0 Å². The predicted molar refractivity (Wildman–Crippen MR) is 99.7 cm³/mol. The molecule has 2 aromatic rings. The number of hydrogen-bond acceptors (Lipinski definition) is 6. The second kappa shape index (κ2) is 9.53. The van der Waals surface area contributed by atoms with Crippen LogP contribution in [0.1, 0.15) is 36.5 Å². The molecule has 0 saturated carbocycles. The van der Waals surface area contributed by atoms with Crippen molar-refractivity contribution in [3.05, 3.63) is 45.9 Å². The maximum Gasteiger partial charge on any atom is 0.322 e. The minimum absolute atomic E-state index is 0.216. The first-order valence-electron chi connectivity index (χ1n) is 8.42. The number of carbonyl (C=O) groups is 1. The maximum absolute atomic E-state index is 11.8. The molecule has 6 heteroatoms. The lowest BCUT2D eigenvalue weighted by Crippen LogP contribution is -2.38. The lowest BCUT2D eigenvalue weighted by atomic mass is 10.0. The van der Waals surface area contributed by atoms with Crippen molar-refractivity contribution in [1.29, 1.82) is 0 Å². The van der Waals surface area contributed by atoms with Gasteiger partial charge in [0.05, 0.1) is 17.8 Å². The molecule has 1 heterocycles. The largest absolute Gasteiger partial charge is 0.487 e. The van der Waals surface area contributed by atoms with Gasteiger partial charge in [-0.1, -0.05) is 26.0 Å². The second-order valence-electron chi connectivity index (χ2n) is 6.38. The summed E-state index contributed by atoms with van der Waals surface area (Å²) in [5, 5.41) is 6.33. The molecule has 0 bridgehead atoms. The van der Waals surface area contributed by atoms with Crippen molar-refractivity contribution in [3.8, 4) is 5.75 Å². The summed E-state index contributed by atoms with van der Waals surface area (Å²) in [6.45, 7) is 7.25. The third-order valence-corrected chi connectivity index (χ3v) is 4.54. The van der Waals surface area contributed by atoms with Crippen LogP contribution in [0, 0.1) is 12.8 Å². The Balaban J connectivity index is 1.85. The first kappa shape index (κ1) is 19.4. The van der Waals surface area contributed by atoms with Crippen LogP contribution in [-0.4, -0.2) is 24.1 Å². The highest BCUT2D eigenvalue weighted by atomic mass is 32.1. The highest BCUT2D eigenvalue weighted by Gasteiger charge is 2.19. The van der Waals surface area contributed by atoms with Crippen molar-refractivity contribution in [1.82, 2.24) is 10.3 Å². The zero-order chi connectivity index (χ0) is 18.2. The molecule has 0 spiro atoms. The van der Waals surface area contributed by atoms with E-state index in [1.807, 2.05) is 36.6 Å². The topological polar surface area (TPSA) is 60.5 Å². The molecular formula is C19H26N2O3S. The highest BCUT2D eigenvalue weighted by Crippen LogP contribution is 2.16. The first-order chi connectivity index (χ1) is 12.0. The van der Waals surface area contributed by atoms with E-state index >= 15 is 0 Å². The van der Waals surface area contributed by atoms with Gasteiger partial charge in [-0.15, -0.1) is 11.3 Å². The second-order valence-corrected chi connectivity index (χ2v) is 7.44. The number of rotatable bonds is 9. The number of aryl methyl sites for hydroxylation is 1. The van der Waals surface area contributed by atoms with Crippen molar-refractivity contribution in [2.75, 3.05) is 7.11 Å². The van der Waals surface area contributed by atoms with Crippen molar-refractivity contribution in [2.24, 2.45) is 5.92 Å². The van der Waals surface area contributed by atoms with Crippen LogP contribution in [0.15, 0.2) is 29.6 Å². The predicted octanol–water partition coefficient (Wildman–Crippen LogP) is 3.71. The fourth-order valence-corrected chi connectivity index (χ4v) is 3.05. The highest BCUT2D eigenvalue weighted by molar-refractivity contribution is 7.09. The van der Waals surface area contributed by atoms with Gasteiger partial charge >= 0.3 is 5.97 Å². The molecular weight excluding hydrogens is 336 g/mol. The summed E-state index contributed by atoms with van der Waals surface area (Å²) in [5.74, 6) is 1.01. The van der Waals surface area contributed by atoms with Crippen molar-refractivity contribution < 1.29 is 14.3 Å². The van der Waals surface area contributed by atoms with Gasteiger partial charge in [0.25, 0.3) is 0 Å². The van der Waals surface area contributed by atoms with Gasteiger partial charge in [0.1, 0.15) is 18.4 Å². The molecule has 0 radical (unpaired) electrons. The molecule has 0 amide bonds. The van der Waals surface area contributed by atoms with Gasteiger partial charge in [0.15, 0.2) is 0 Å². The molecule has 5 nitrogen and oxygen atoms in total. The number of ether oxygens (including phenoxy) is 2. The number of methoxy groups -OCH3 is 1. The average Bonchev–Trinajstić information content (AvgIpc) is 3.02. The fourth-order valence-electron chi connectivity index (χ4n) is 2.45. The van der Waals surface area contributed by atoms with Crippen molar-refractivity contribution >= 4 is 17.3 Å². The number of nitrogens with zero attached hydrogens (tertiary/aromatic N) is 1. The Morgan fingerprint density at radius 3 is 2.56 bits per heavy atom. The van der Waals surface area contributed by atoms with Crippen molar-refractivity contribution in [2.45, 2.75) is 46.4 Å². The van der Waals surface area contributed by atoms with Crippen LogP contribution in [0.4, 0.5) is 0 Å². The number of benzene rings is 1. The molecule has 0 saturated heterocycles. The Morgan fingerprint density at radius 1 is 1.28 bits per heavy atom. The van der Waals surface area contributed by atoms with Crippen LogP contribution < -0.4 is 10.1 Å². The summed E-state index contributed by atoms with van der Waals surface area (Å²) in [4.78, 5) is 16.2. The van der Waals surface area contributed by atoms with Gasteiger partial charge in [-0.3, -0.25) is 4.79 Å². The van der Waals surface area contributed by atoms with E-state index in [1.165, 1.54) is 7.11 Å². The molecule has 0 aliphatic rings. The lowest BCUT2D eigenvalue weighted by molar-refractivity contribution is -0.143. The summed E-state index contributed by atoms with van der Waals surface area (Å²) in [7, 11) is 1.42. The molecule has 1 N–H and O–H groups in total. The van der Waals surface area contributed by atoms with Crippen LogP contribution >= 0.6 is 11.3 Å². The SMILES string of the molecule is COC(=O)[C@H](CC(C)C)NCc1ccc(OCc2csc(C)n2)cc1. The fraction of sp³-hybridized carbons (Fsp3) is 0.474. The summed E-state index contributed by atoms with van der Waals surface area (Å²) in [6.07, 6.45) is 0.751. The van der Waals surface area contributed by atoms with E-state index in [9.17, 15) is 4.79 Å². The van der Waals surface area contributed by atoms with E-state index in [1.54, 1.807) is 11.3 Å². The standard InChI is InChI=1S/C19H26N2O3S/c1-13(2)9-18(19(22)23-4)20-10-15-5-7-17(8-6-15)24-11-16-12-25-14(3)21-16/h5-8,12-13,18,20H,9-11H2,1-4H3/t18-/m0/s1. The van der Waals surface area contributed by atoms with E-state index in [-0.39, 0.29) is 12.0 Å². The van der Waals surface area contributed by atoms with Gasteiger partial charge in [0, 0.05) is 11.9 Å². The smallest absolute Gasteiger partial charge is 0.322 e. The maximum atomic E-state index is 11.8. The number of nitrogens with one attached hydrogen (secondary N) is 1. The van der Waals surface area contributed by atoms with Crippen LogP contribution in [0.5, 0.6) is 5.75 Å². The normalized spacial score (nSPS) is 12.2. The van der Waals surface area contributed by atoms with E-state index in [4.69, 9.17) is 9.47 Å². The Labute approximate surface area is 153 Å².